The lowest BCUT2D eigenvalue weighted by Crippen LogP contribution is -2.36. The SMILES string of the molecule is Cc1ccc2nc([C@@H]3CCCN(c4ncc([N+](=O)[O-])cc4C(N)=O)C3)[nH]c2c1. The third-order valence-electron chi connectivity index (χ3n) is 5.09. The summed E-state index contributed by atoms with van der Waals surface area (Å²) in [6.45, 7) is 3.33. The van der Waals surface area contributed by atoms with Crippen molar-refractivity contribution in [2.24, 2.45) is 5.73 Å². The Balaban J connectivity index is 1.64. The van der Waals surface area contributed by atoms with Crippen molar-refractivity contribution in [3.05, 3.63) is 57.5 Å². The molecule has 9 nitrogen and oxygen atoms in total. The molecule has 9 heteroatoms. The number of nitrogens with two attached hydrogens (primary N) is 1. The number of anilines is 1. The van der Waals surface area contributed by atoms with Gasteiger partial charge in [0.2, 0.25) is 0 Å². The van der Waals surface area contributed by atoms with E-state index >= 15 is 0 Å². The van der Waals surface area contributed by atoms with Gasteiger partial charge in [-0.25, -0.2) is 9.97 Å². The topological polar surface area (TPSA) is 131 Å². The lowest BCUT2D eigenvalue weighted by atomic mass is 9.97. The highest BCUT2D eigenvalue weighted by atomic mass is 16.6. The fourth-order valence-corrected chi connectivity index (χ4v) is 3.71. The second kappa shape index (κ2) is 6.91. The number of pyridine rings is 1. The standard InChI is InChI=1S/C19H20N6O3/c1-11-4-5-15-16(7-11)23-18(22-15)12-3-2-6-24(10-12)19-14(17(20)26)8-13(9-21-19)25(27)28/h4-5,7-9,12H,2-3,6,10H2,1H3,(H2,20,26)(H,22,23)/t12-/m1/s1. The first-order chi connectivity index (χ1) is 13.4. The Morgan fingerprint density at radius 2 is 2.21 bits per heavy atom. The number of primary amides is 1. The number of amides is 1. The number of aromatic nitrogens is 3. The Morgan fingerprint density at radius 3 is 2.96 bits per heavy atom. The number of carbonyl (C=O) groups is 1. The summed E-state index contributed by atoms with van der Waals surface area (Å²) in [4.78, 5) is 36.5. The zero-order chi connectivity index (χ0) is 19.8. The number of piperidine rings is 1. The van der Waals surface area contributed by atoms with E-state index in [1.807, 2.05) is 24.0 Å². The molecular weight excluding hydrogens is 360 g/mol. The van der Waals surface area contributed by atoms with Crippen molar-refractivity contribution in [3.63, 3.8) is 0 Å². The van der Waals surface area contributed by atoms with Crippen LogP contribution in [-0.4, -0.2) is 38.9 Å². The number of aryl methyl sites for hydroxylation is 1. The molecule has 0 saturated carbocycles. The number of aromatic amines is 1. The van der Waals surface area contributed by atoms with Crippen LogP contribution in [0.15, 0.2) is 30.5 Å². The molecule has 0 unspecified atom stereocenters. The summed E-state index contributed by atoms with van der Waals surface area (Å²) in [7, 11) is 0. The number of benzene rings is 1. The Bertz CT molecular complexity index is 1080. The van der Waals surface area contributed by atoms with Crippen molar-refractivity contribution >= 4 is 28.4 Å². The summed E-state index contributed by atoms with van der Waals surface area (Å²) in [6, 6.07) is 7.28. The van der Waals surface area contributed by atoms with Crippen LogP contribution >= 0.6 is 0 Å². The second-order valence-corrected chi connectivity index (χ2v) is 7.11. The van der Waals surface area contributed by atoms with Gasteiger partial charge in [-0.3, -0.25) is 14.9 Å². The number of hydrogen-bond donors (Lipinski definition) is 2. The second-order valence-electron chi connectivity index (χ2n) is 7.11. The number of imidazole rings is 1. The Hall–Kier alpha value is -3.49. The fraction of sp³-hybridized carbons (Fsp3) is 0.316. The van der Waals surface area contributed by atoms with E-state index < -0.39 is 10.8 Å². The summed E-state index contributed by atoms with van der Waals surface area (Å²) in [5.41, 5.74) is 8.35. The van der Waals surface area contributed by atoms with E-state index in [1.165, 1.54) is 6.07 Å². The van der Waals surface area contributed by atoms with E-state index in [-0.39, 0.29) is 17.2 Å². The van der Waals surface area contributed by atoms with Crippen LogP contribution in [0.4, 0.5) is 11.5 Å². The quantitative estimate of drug-likeness (QED) is 0.528. The summed E-state index contributed by atoms with van der Waals surface area (Å²) < 4.78 is 0. The van der Waals surface area contributed by atoms with E-state index in [1.54, 1.807) is 0 Å². The lowest BCUT2D eigenvalue weighted by molar-refractivity contribution is -0.385. The number of rotatable bonds is 4. The van der Waals surface area contributed by atoms with Crippen LogP contribution in [0.25, 0.3) is 11.0 Å². The number of nitrogens with zero attached hydrogens (tertiary/aromatic N) is 4. The van der Waals surface area contributed by atoms with Crippen molar-refractivity contribution in [3.8, 4) is 0 Å². The molecule has 1 amide bonds. The van der Waals surface area contributed by atoms with E-state index in [9.17, 15) is 14.9 Å². The van der Waals surface area contributed by atoms with Crippen molar-refractivity contribution < 1.29 is 9.72 Å². The smallest absolute Gasteiger partial charge is 0.288 e. The van der Waals surface area contributed by atoms with Gasteiger partial charge in [-0.2, -0.15) is 0 Å². The molecule has 1 saturated heterocycles. The van der Waals surface area contributed by atoms with Crippen LogP contribution < -0.4 is 10.6 Å². The highest BCUT2D eigenvalue weighted by Crippen LogP contribution is 2.31. The predicted molar refractivity (Wildman–Crippen MR) is 104 cm³/mol. The predicted octanol–water partition coefficient (Wildman–Crippen LogP) is 2.66. The number of H-pyrrole nitrogens is 1. The minimum Gasteiger partial charge on any atom is -0.365 e. The van der Waals surface area contributed by atoms with E-state index in [2.05, 4.69) is 16.0 Å². The molecule has 1 atom stereocenters. The molecule has 28 heavy (non-hydrogen) atoms. The molecule has 144 valence electrons. The number of carbonyl (C=O) groups excluding carboxylic acids is 1. The molecule has 1 aliphatic heterocycles. The van der Waals surface area contributed by atoms with Gasteiger partial charge in [0.05, 0.1) is 21.5 Å². The van der Waals surface area contributed by atoms with Crippen LogP contribution in [0.3, 0.4) is 0 Å². The first-order valence-corrected chi connectivity index (χ1v) is 9.08. The highest BCUT2D eigenvalue weighted by molar-refractivity contribution is 5.98. The van der Waals surface area contributed by atoms with Gasteiger partial charge < -0.3 is 15.6 Å². The molecule has 0 bridgehead atoms. The van der Waals surface area contributed by atoms with Gasteiger partial charge in [-0.15, -0.1) is 0 Å². The van der Waals surface area contributed by atoms with Crippen molar-refractivity contribution in [2.45, 2.75) is 25.7 Å². The third kappa shape index (κ3) is 3.26. The molecule has 1 aromatic carbocycles. The molecule has 3 heterocycles. The van der Waals surface area contributed by atoms with Gasteiger partial charge in [0.15, 0.2) is 0 Å². The van der Waals surface area contributed by atoms with Gasteiger partial charge in [0.25, 0.3) is 11.6 Å². The normalized spacial score (nSPS) is 17.0. The lowest BCUT2D eigenvalue weighted by Gasteiger charge is -2.33. The molecule has 0 radical (unpaired) electrons. The van der Waals surface area contributed by atoms with Crippen LogP contribution in [0, 0.1) is 17.0 Å². The van der Waals surface area contributed by atoms with Crippen molar-refractivity contribution in [1.82, 2.24) is 15.0 Å². The summed E-state index contributed by atoms with van der Waals surface area (Å²) in [6.07, 6.45) is 3.00. The fourth-order valence-electron chi connectivity index (χ4n) is 3.71. The van der Waals surface area contributed by atoms with Crippen molar-refractivity contribution in [2.75, 3.05) is 18.0 Å². The molecule has 0 aliphatic carbocycles. The van der Waals surface area contributed by atoms with Crippen LogP contribution in [0.1, 0.15) is 40.5 Å². The first-order valence-electron chi connectivity index (χ1n) is 9.08. The number of hydrogen-bond acceptors (Lipinski definition) is 6. The third-order valence-corrected chi connectivity index (χ3v) is 5.09. The zero-order valence-electron chi connectivity index (χ0n) is 15.4. The minimum absolute atomic E-state index is 0.0649. The highest BCUT2D eigenvalue weighted by Gasteiger charge is 2.28. The molecule has 3 N–H and O–H groups in total. The molecule has 1 fully saturated rings. The average molecular weight is 380 g/mol. The number of fused-ring (bicyclic) bond motifs is 1. The summed E-state index contributed by atoms with van der Waals surface area (Å²) in [5.74, 6) is 0.689. The summed E-state index contributed by atoms with van der Waals surface area (Å²) in [5, 5.41) is 11.0. The van der Waals surface area contributed by atoms with Crippen LogP contribution in [0.2, 0.25) is 0 Å². The Labute approximate surface area is 160 Å². The Kier molecular flexibility index (Phi) is 4.42. The van der Waals surface area contributed by atoms with Gasteiger partial charge in [-0.1, -0.05) is 6.07 Å². The minimum atomic E-state index is -0.729. The average Bonchev–Trinajstić information content (AvgIpc) is 3.10. The van der Waals surface area contributed by atoms with Gasteiger partial charge in [0, 0.05) is 25.1 Å². The van der Waals surface area contributed by atoms with E-state index in [0.717, 1.165) is 41.5 Å². The Morgan fingerprint density at radius 1 is 1.39 bits per heavy atom. The zero-order valence-corrected chi connectivity index (χ0v) is 15.4. The van der Waals surface area contributed by atoms with Gasteiger partial charge in [0.1, 0.15) is 17.8 Å². The molecule has 3 aromatic rings. The number of nitro groups is 1. The van der Waals surface area contributed by atoms with Crippen LogP contribution in [0.5, 0.6) is 0 Å². The van der Waals surface area contributed by atoms with Crippen molar-refractivity contribution in [1.29, 1.82) is 0 Å². The monoisotopic (exact) mass is 380 g/mol. The molecule has 1 aliphatic rings. The van der Waals surface area contributed by atoms with Gasteiger partial charge in [-0.05, 0) is 37.5 Å². The maximum Gasteiger partial charge on any atom is 0.288 e. The molecule has 4 rings (SSSR count). The first kappa shape index (κ1) is 17.9. The van der Waals surface area contributed by atoms with E-state index in [0.29, 0.717) is 18.9 Å². The van der Waals surface area contributed by atoms with Gasteiger partial charge >= 0.3 is 0 Å². The maximum absolute atomic E-state index is 11.9. The molecule has 0 spiro atoms. The van der Waals surface area contributed by atoms with E-state index in [4.69, 9.17) is 10.7 Å². The largest absolute Gasteiger partial charge is 0.365 e. The maximum atomic E-state index is 11.9. The van der Waals surface area contributed by atoms with Crippen LogP contribution in [-0.2, 0) is 0 Å². The molecular formula is C19H20N6O3. The molecule has 2 aromatic heterocycles. The number of nitrogens with one attached hydrogen (secondary N) is 1. The summed E-state index contributed by atoms with van der Waals surface area (Å²) >= 11 is 0.